The second kappa shape index (κ2) is 5.12. The number of hydrogen-bond donors (Lipinski definition) is 1. The van der Waals surface area contributed by atoms with E-state index in [1.807, 2.05) is 0 Å². The molecule has 0 aliphatic heterocycles. The molecule has 1 aliphatic carbocycles. The van der Waals surface area contributed by atoms with Crippen molar-refractivity contribution in [2.45, 2.75) is 39.0 Å². The van der Waals surface area contributed by atoms with Crippen molar-refractivity contribution < 1.29 is 8.42 Å². The summed E-state index contributed by atoms with van der Waals surface area (Å²) in [5, 5.41) is 0. The fourth-order valence-corrected chi connectivity index (χ4v) is 2.65. The van der Waals surface area contributed by atoms with Crippen molar-refractivity contribution in [2.24, 2.45) is 11.8 Å². The van der Waals surface area contributed by atoms with Crippen LogP contribution < -0.4 is 4.72 Å². The Labute approximate surface area is 87.3 Å². The standard InChI is InChI=1S/C10H21NO2S/c1-3-9-4-6-10(7-5-9)8-11-14(2,12)13/h9-11H,3-8H2,1-2H3/t9-,10+. The van der Waals surface area contributed by atoms with Crippen LogP contribution in [0.1, 0.15) is 39.0 Å². The fourth-order valence-electron chi connectivity index (χ4n) is 2.11. The number of hydrogen-bond acceptors (Lipinski definition) is 2. The maximum absolute atomic E-state index is 10.9. The van der Waals surface area contributed by atoms with Crippen LogP contribution in [0.15, 0.2) is 0 Å². The molecule has 0 saturated heterocycles. The van der Waals surface area contributed by atoms with Gasteiger partial charge in [0.05, 0.1) is 6.26 Å². The van der Waals surface area contributed by atoms with Crippen LogP contribution >= 0.6 is 0 Å². The van der Waals surface area contributed by atoms with Crippen LogP contribution in [-0.4, -0.2) is 21.2 Å². The molecular formula is C10H21NO2S. The summed E-state index contributed by atoms with van der Waals surface area (Å²) in [7, 11) is -2.99. The van der Waals surface area contributed by atoms with Gasteiger partial charge in [0, 0.05) is 6.54 Å². The van der Waals surface area contributed by atoms with Gasteiger partial charge in [0.2, 0.25) is 10.0 Å². The van der Waals surface area contributed by atoms with Crippen LogP contribution in [-0.2, 0) is 10.0 Å². The molecule has 0 aromatic carbocycles. The largest absolute Gasteiger partial charge is 0.215 e. The quantitative estimate of drug-likeness (QED) is 0.783. The summed E-state index contributed by atoms with van der Waals surface area (Å²) in [6.07, 6.45) is 7.40. The third-order valence-electron chi connectivity index (χ3n) is 3.18. The second-order valence-corrected chi connectivity index (χ2v) is 6.25. The second-order valence-electron chi connectivity index (χ2n) is 4.42. The van der Waals surface area contributed by atoms with Gasteiger partial charge < -0.3 is 0 Å². The van der Waals surface area contributed by atoms with Crippen molar-refractivity contribution in [1.82, 2.24) is 4.72 Å². The molecule has 1 aliphatic rings. The van der Waals surface area contributed by atoms with Crippen molar-refractivity contribution in [3.63, 3.8) is 0 Å². The maximum Gasteiger partial charge on any atom is 0.208 e. The van der Waals surface area contributed by atoms with Gasteiger partial charge in [-0.3, -0.25) is 0 Å². The minimum atomic E-state index is -2.99. The average Bonchev–Trinajstić information content (AvgIpc) is 2.14. The number of sulfonamides is 1. The molecule has 0 bridgehead atoms. The summed E-state index contributed by atoms with van der Waals surface area (Å²) in [6, 6.07) is 0. The first-order valence-corrected chi connectivity index (χ1v) is 7.35. The van der Waals surface area contributed by atoms with Gasteiger partial charge in [-0.05, 0) is 24.7 Å². The number of nitrogens with one attached hydrogen (secondary N) is 1. The first-order valence-electron chi connectivity index (χ1n) is 5.46. The number of rotatable bonds is 4. The third kappa shape index (κ3) is 4.42. The minimum absolute atomic E-state index is 0.563. The van der Waals surface area contributed by atoms with E-state index in [9.17, 15) is 8.42 Å². The van der Waals surface area contributed by atoms with Gasteiger partial charge in [0.15, 0.2) is 0 Å². The molecule has 1 saturated carbocycles. The van der Waals surface area contributed by atoms with Crippen LogP contribution in [0, 0.1) is 11.8 Å². The van der Waals surface area contributed by atoms with E-state index in [-0.39, 0.29) is 0 Å². The van der Waals surface area contributed by atoms with Gasteiger partial charge in [0.25, 0.3) is 0 Å². The normalized spacial score (nSPS) is 29.0. The molecule has 0 unspecified atom stereocenters. The fraction of sp³-hybridized carbons (Fsp3) is 1.00. The van der Waals surface area contributed by atoms with E-state index in [0.717, 1.165) is 5.92 Å². The molecule has 0 spiro atoms. The van der Waals surface area contributed by atoms with E-state index in [4.69, 9.17) is 0 Å². The van der Waals surface area contributed by atoms with Crippen LogP contribution in [0.4, 0.5) is 0 Å². The Kier molecular flexibility index (Phi) is 4.38. The highest BCUT2D eigenvalue weighted by Gasteiger charge is 2.20. The highest BCUT2D eigenvalue weighted by atomic mass is 32.2. The van der Waals surface area contributed by atoms with E-state index in [2.05, 4.69) is 11.6 Å². The Morgan fingerprint density at radius 2 is 1.64 bits per heavy atom. The Morgan fingerprint density at radius 3 is 2.07 bits per heavy atom. The zero-order chi connectivity index (χ0) is 10.6. The maximum atomic E-state index is 10.9. The summed E-state index contributed by atoms with van der Waals surface area (Å²) < 4.78 is 24.4. The van der Waals surface area contributed by atoms with Crippen molar-refractivity contribution >= 4 is 10.0 Å². The van der Waals surface area contributed by atoms with E-state index in [1.165, 1.54) is 38.4 Å². The molecule has 1 fully saturated rings. The Morgan fingerprint density at radius 1 is 1.14 bits per heavy atom. The Balaban J connectivity index is 2.23. The summed E-state index contributed by atoms with van der Waals surface area (Å²) >= 11 is 0. The minimum Gasteiger partial charge on any atom is -0.215 e. The van der Waals surface area contributed by atoms with Gasteiger partial charge >= 0.3 is 0 Å². The van der Waals surface area contributed by atoms with E-state index in [1.54, 1.807) is 0 Å². The van der Waals surface area contributed by atoms with Crippen molar-refractivity contribution in [3.05, 3.63) is 0 Å². The van der Waals surface area contributed by atoms with Gasteiger partial charge in [-0.2, -0.15) is 0 Å². The third-order valence-corrected chi connectivity index (χ3v) is 3.87. The van der Waals surface area contributed by atoms with Gasteiger partial charge in [0.1, 0.15) is 0 Å². The molecule has 3 nitrogen and oxygen atoms in total. The molecule has 0 amide bonds. The van der Waals surface area contributed by atoms with Crippen LogP contribution in [0.3, 0.4) is 0 Å². The summed E-state index contributed by atoms with van der Waals surface area (Å²) in [6.45, 7) is 2.87. The van der Waals surface area contributed by atoms with Crippen molar-refractivity contribution in [3.8, 4) is 0 Å². The van der Waals surface area contributed by atoms with Crippen molar-refractivity contribution in [1.29, 1.82) is 0 Å². The van der Waals surface area contributed by atoms with Crippen LogP contribution in [0.2, 0.25) is 0 Å². The van der Waals surface area contributed by atoms with E-state index < -0.39 is 10.0 Å². The smallest absolute Gasteiger partial charge is 0.208 e. The molecule has 0 heterocycles. The molecule has 0 aromatic rings. The highest BCUT2D eigenvalue weighted by Crippen LogP contribution is 2.30. The molecule has 1 rings (SSSR count). The molecule has 1 N–H and O–H groups in total. The lowest BCUT2D eigenvalue weighted by Gasteiger charge is -2.27. The van der Waals surface area contributed by atoms with E-state index >= 15 is 0 Å². The molecule has 14 heavy (non-hydrogen) atoms. The summed E-state index contributed by atoms with van der Waals surface area (Å²) in [4.78, 5) is 0. The topological polar surface area (TPSA) is 46.2 Å². The summed E-state index contributed by atoms with van der Waals surface area (Å²) in [5.41, 5.74) is 0. The van der Waals surface area contributed by atoms with Crippen LogP contribution in [0.25, 0.3) is 0 Å². The lowest BCUT2D eigenvalue weighted by molar-refractivity contribution is 0.270. The van der Waals surface area contributed by atoms with Gasteiger partial charge in [-0.15, -0.1) is 0 Å². The molecule has 0 radical (unpaired) electrons. The zero-order valence-electron chi connectivity index (χ0n) is 9.12. The monoisotopic (exact) mass is 219 g/mol. The molecule has 84 valence electrons. The first-order chi connectivity index (χ1) is 6.51. The zero-order valence-corrected chi connectivity index (χ0v) is 9.94. The first kappa shape index (κ1) is 12.0. The lowest BCUT2D eigenvalue weighted by atomic mass is 9.81. The highest BCUT2D eigenvalue weighted by molar-refractivity contribution is 7.88. The SMILES string of the molecule is CC[C@H]1CC[C@@H](CNS(C)(=O)=O)CC1. The molecule has 0 atom stereocenters. The molecule has 4 heteroatoms. The predicted molar refractivity (Wildman–Crippen MR) is 58.6 cm³/mol. The van der Waals surface area contributed by atoms with Gasteiger partial charge in [-0.25, -0.2) is 13.1 Å². The van der Waals surface area contributed by atoms with E-state index in [0.29, 0.717) is 12.5 Å². The lowest BCUT2D eigenvalue weighted by Crippen LogP contribution is -2.30. The van der Waals surface area contributed by atoms with Gasteiger partial charge in [-0.1, -0.05) is 26.2 Å². The van der Waals surface area contributed by atoms with Crippen LogP contribution in [0.5, 0.6) is 0 Å². The van der Waals surface area contributed by atoms with Crippen molar-refractivity contribution in [2.75, 3.05) is 12.8 Å². The Hall–Kier alpha value is -0.0900. The summed E-state index contributed by atoms with van der Waals surface area (Å²) in [5.74, 6) is 1.44. The molecule has 0 aromatic heterocycles. The average molecular weight is 219 g/mol. The predicted octanol–water partition coefficient (Wildman–Crippen LogP) is 1.75. The molecular weight excluding hydrogens is 198 g/mol. The Bertz CT molecular complexity index is 253.